The van der Waals surface area contributed by atoms with E-state index in [2.05, 4.69) is 20.3 Å². The molecule has 0 saturated carbocycles. The summed E-state index contributed by atoms with van der Waals surface area (Å²) in [6, 6.07) is 2.21. The number of nitrogens with zero attached hydrogens (tertiary/aromatic N) is 4. The van der Waals surface area contributed by atoms with Crippen molar-refractivity contribution in [1.82, 2.24) is 19.5 Å². The third-order valence-corrected chi connectivity index (χ3v) is 4.89. The number of rotatable bonds is 5. The first-order chi connectivity index (χ1) is 14.7. The summed E-state index contributed by atoms with van der Waals surface area (Å²) in [4.78, 5) is 12.2. The van der Waals surface area contributed by atoms with Crippen molar-refractivity contribution in [2.75, 3.05) is 11.9 Å². The van der Waals surface area contributed by atoms with Crippen molar-refractivity contribution in [1.29, 1.82) is 0 Å². The number of alkyl halides is 3. The summed E-state index contributed by atoms with van der Waals surface area (Å²) in [5, 5.41) is 32.2. The molecular weight excluding hydrogens is 426 g/mol. The van der Waals surface area contributed by atoms with Gasteiger partial charge in [0.05, 0.1) is 18.5 Å². The molecule has 4 rings (SSSR count). The van der Waals surface area contributed by atoms with Crippen LogP contribution in [0.25, 0.3) is 11.2 Å². The normalized spacial score (nSPS) is 24.1. The molecule has 0 aliphatic carbocycles. The largest absolute Gasteiger partial charge is 0.416 e. The summed E-state index contributed by atoms with van der Waals surface area (Å²) in [7, 11) is 0. The number of anilines is 1. The zero-order chi connectivity index (χ0) is 22.3. The van der Waals surface area contributed by atoms with Crippen LogP contribution in [-0.2, 0) is 17.5 Å². The molecule has 31 heavy (non-hydrogen) atoms. The summed E-state index contributed by atoms with van der Waals surface area (Å²) in [6.45, 7) is -0.676. The van der Waals surface area contributed by atoms with E-state index in [9.17, 15) is 32.9 Å². The minimum atomic E-state index is -4.68. The molecule has 1 fully saturated rings. The SMILES string of the molecule is OC[C@H]1OC(n2cnc3c(NCc4cc(F)cc(C(F)(F)F)c4)ncnc32)[C@@H](O)[C@@H]1O. The van der Waals surface area contributed by atoms with Crippen LogP contribution in [0, 0.1) is 5.82 Å². The molecular formula is C18H17F4N5O4. The van der Waals surface area contributed by atoms with Gasteiger partial charge in [0.2, 0.25) is 0 Å². The van der Waals surface area contributed by atoms with Crippen LogP contribution in [0.2, 0.25) is 0 Å². The van der Waals surface area contributed by atoms with Gasteiger partial charge >= 0.3 is 6.18 Å². The Balaban J connectivity index is 1.59. The van der Waals surface area contributed by atoms with Gasteiger partial charge in [-0.15, -0.1) is 0 Å². The Morgan fingerprint density at radius 3 is 2.55 bits per heavy atom. The van der Waals surface area contributed by atoms with Gasteiger partial charge in [0.15, 0.2) is 23.2 Å². The Labute approximate surface area is 172 Å². The Kier molecular flexibility index (Phi) is 5.51. The standard InChI is InChI=1S/C18H17F4N5O4/c19-10-2-8(1-9(3-10)18(20,21)22)4-23-15-12-16(25-6-24-15)27(7-26-12)17-14(30)13(29)11(5-28)31-17/h1-3,6-7,11,13-14,17,28-30H,4-5H2,(H,23,24,25)/t11-,13-,14+,17?/m1/s1. The van der Waals surface area contributed by atoms with Crippen LogP contribution in [0.3, 0.4) is 0 Å². The van der Waals surface area contributed by atoms with E-state index < -0.39 is 48.7 Å². The number of ether oxygens (including phenoxy) is 1. The molecule has 1 aliphatic rings. The summed E-state index contributed by atoms with van der Waals surface area (Å²) in [6.07, 6.45) is -6.97. The van der Waals surface area contributed by atoms with Crippen LogP contribution >= 0.6 is 0 Å². The zero-order valence-corrected chi connectivity index (χ0v) is 15.7. The topological polar surface area (TPSA) is 126 Å². The van der Waals surface area contributed by atoms with E-state index in [1.807, 2.05) is 0 Å². The van der Waals surface area contributed by atoms with Crippen molar-refractivity contribution in [3.05, 3.63) is 47.8 Å². The van der Waals surface area contributed by atoms with Gasteiger partial charge in [-0.3, -0.25) is 4.57 Å². The van der Waals surface area contributed by atoms with Gasteiger partial charge in [-0.25, -0.2) is 19.3 Å². The minimum absolute atomic E-state index is 0.0435. The van der Waals surface area contributed by atoms with Crippen molar-refractivity contribution in [3.8, 4) is 0 Å². The summed E-state index contributed by atoms with van der Waals surface area (Å²) >= 11 is 0. The second kappa shape index (κ2) is 8.00. The highest BCUT2D eigenvalue weighted by Crippen LogP contribution is 2.33. The van der Waals surface area contributed by atoms with Gasteiger partial charge in [0.1, 0.15) is 30.5 Å². The van der Waals surface area contributed by atoms with Gasteiger partial charge in [-0.1, -0.05) is 0 Å². The van der Waals surface area contributed by atoms with Crippen molar-refractivity contribution in [2.24, 2.45) is 0 Å². The Morgan fingerprint density at radius 1 is 1.10 bits per heavy atom. The second-order valence-electron chi connectivity index (χ2n) is 6.97. The molecule has 9 nitrogen and oxygen atoms in total. The van der Waals surface area contributed by atoms with Gasteiger partial charge in [0.25, 0.3) is 0 Å². The highest BCUT2D eigenvalue weighted by atomic mass is 19.4. The number of aromatic nitrogens is 4. The first-order valence-corrected chi connectivity index (χ1v) is 9.09. The van der Waals surface area contributed by atoms with E-state index in [0.29, 0.717) is 6.07 Å². The third kappa shape index (κ3) is 4.04. The first-order valence-electron chi connectivity index (χ1n) is 9.09. The van der Waals surface area contributed by atoms with E-state index in [1.54, 1.807) is 0 Å². The number of aliphatic hydroxyl groups excluding tert-OH is 3. The van der Waals surface area contributed by atoms with Crippen molar-refractivity contribution in [2.45, 2.75) is 37.3 Å². The highest BCUT2D eigenvalue weighted by molar-refractivity contribution is 5.82. The van der Waals surface area contributed by atoms with Gasteiger partial charge in [-0.2, -0.15) is 13.2 Å². The number of halogens is 4. The molecule has 1 aromatic carbocycles. The zero-order valence-electron chi connectivity index (χ0n) is 15.7. The molecule has 0 spiro atoms. The molecule has 2 aromatic heterocycles. The lowest BCUT2D eigenvalue weighted by molar-refractivity contribution is -0.137. The molecule has 4 atom stereocenters. The average Bonchev–Trinajstić information content (AvgIpc) is 3.27. The monoisotopic (exact) mass is 443 g/mol. The third-order valence-electron chi connectivity index (χ3n) is 4.89. The first kappa shape index (κ1) is 21.4. The Bertz CT molecular complexity index is 1090. The van der Waals surface area contributed by atoms with Crippen molar-refractivity contribution < 1.29 is 37.6 Å². The van der Waals surface area contributed by atoms with Crippen LogP contribution in [-0.4, -0.2) is 59.8 Å². The number of fused-ring (bicyclic) bond motifs is 1. The fraction of sp³-hybridized carbons (Fsp3) is 0.389. The van der Waals surface area contributed by atoms with Crippen molar-refractivity contribution in [3.63, 3.8) is 0 Å². The minimum Gasteiger partial charge on any atom is -0.394 e. The lowest BCUT2D eigenvalue weighted by atomic mass is 10.1. The number of hydrogen-bond donors (Lipinski definition) is 4. The second-order valence-corrected chi connectivity index (χ2v) is 6.97. The van der Waals surface area contributed by atoms with E-state index in [0.717, 1.165) is 18.5 Å². The number of aliphatic hydroxyl groups is 3. The molecule has 1 unspecified atom stereocenters. The average molecular weight is 443 g/mol. The lowest BCUT2D eigenvalue weighted by Crippen LogP contribution is -2.33. The maximum Gasteiger partial charge on any atom is 0.416 e. The molecule has 1 aliphatic heterocycles. The smallest absolute Gasteiger partial charge is 0.394 e. The molecule has 0 bridgehead atoms. The van der Waals surface area contributed by atoms with Gasteiger partial charge in [0, 0.05) is 6.54 Å². The summed E-state index contributed by atoms with van der Waals surface area (Å²) < 4.78 is 59.1. The summed E-state index contributed by atoms with van der Waals surface area (Å²) in [5.41, 5.74) is -0.636. The molecule has 3 aromatic rings. The fourth-order valence-corrected chi connectivity index (χ4v) is 3.38. The number of nitrogens with one attached hydrogen (secondary N) is 1. The maximum atomic E-state index is 13.6. The molecule has 0 radical (unpaired) electrons. The molecule has 13 heteroatoms. The number of imidazole rings is 1. The molecule has 4 N–H and O–H groups in total. The van der Waals surface area contributed by atoms with Crippen LogP contribution in [0.5, 0.6) is 0 Å². The Hall–Kier alpha value is -2.87. The molecule has 166 valence electrons. The molecule has 1 saturated heterocycles. The van der Waals surface area contributed by atoms with Crippen LogP contribution in [0.4, 0.5) is 23.4 Å². The van der Waals surface area contributed by atoms with E-state index in [1.165, 1.54) is 10.9 Å². The molecule has 3 heterocycles. The predicted octanol–water partition coefficient (Wildman–Crippen LogP) is 1.21. The maximum absolute atomic E-state index is 13.6. The predicted molar refractivity (Wildman–Crippen MR) is 97.1 cm³/mol. The van der Waals surface area contributed by atoms with E-state index in [-0.39, 0.29) is 29.1 Å². The van der Waals surface area contributed by atoms with Crippen molar-refractivity contribution >= 4 is 17.0 Å². The number of hydrogen-bond acceptors (Lipinski definition) is 8. The Morgan fingerprint density at radius 2 is 1.87 bits per heavy atom. The quantitative estimate of drug-likeness (QED) is 0.434. The van der Waals surface area contributed by atoms with Crippen LogP contribution in [0.15, 0.2) is 30.9 Å². The van der Waals surface area contributed by atoms with E-state index >= 15 is 0 Å². The van der Waals surface area contributed by atoms with Gasteiger partial charge in [-0.05, 0) is 23.8 Å². The van der Waals surface area contributed by atoms with Crippen LogP contribution < -0.4 is 5.32 Å². The molecule has 0 amide bonds. The van der Waals surface area contributed by atoms with Gasteiger partial charge < -0.3 is 25.4 Å². The number of benzene rings is 1. The summed E-state index contributed by atoms with van der Waals surface area (Å²) in [5.74, 6) is -0.860. The van der Waals surface area contributed by atoms with E-state index in [4.69, 9.17) is 4.74 Å². The van der Waals surface area contributed by atoms with Crippen LogP contribution in [0.1, 0.15) is 17.4 Å². The fourth-order valence-electron chi connectivity index (χ4n) is 3.38. The highest BCUT2D eigenvalue weighted by Gasteiger charge is 2.44. The lowest BCUT2D eigenvalue weighted by Gasteiger charge is -2.16.